The average Bonchev–Trinajstić information content (AvgIpc) is 2.75. The number of alkyl halides is 3. The zero-order chi connectivity index (χ0) is 23.7. The van der Waals surface area contributed by atoms with Crippen LogP contribution in [-0.2, 0) is 21.0 Å². The van der Waals surface area contributed by atoms with E-state index in [9.17, 15) is 26.4 Å². The highest BCUT2D eigenvalue weighted by atomic mass is 32.2. The lowest BCUT2D eigenvalue weighted by atomic mass is 10.1. The van der Waals surface area contributed by atoms with Crippen LogP contribution in [0.5, 0.6) is 0 Å². The number of carbonyl (C=O) groups excluding carboxylic acids is 1. The third-order valence-electron chi connectivity index (χ3n) is 5.74. The van der Waals surface area contributed by atoms with Gasteiger partial charge in [0.2, 0.25) is 15.9 Å². The van der Waals surface area contributed by atoms with E-state index in [1.165, 1.54) is 6.07 Å². The summed E-state index contributed by atoms with van der Waals surface area (Å²) in [6, 6.07) is 9.36. The summed E-state index contributed by atoms with van der Waals surface area (Å²) in [5.74, 6) is -0.221. The molecule has 1 amide bonds. The van der Waals surface area contributed by atoms with Crippen LogP contribution in [0.3, 0.4) is 0 Å². The van der Waals surface area contributed by atoms with E-state index in [0.29, 0.717) is 0 Å². The second-order valence-corrected chi connectivity index (χ2v) is 9.77. The number of anilines is 1. The first-order valence-corrected chi connectivity index (χ1v) is 11.6. The zero-order valence-corrected chi connectivity index (χ0v) is 18.9. The maximum absolute atomic E-state index is 13.3. The molecule has 1 heterocycles. The molecule has 1 aliphatic rings. The van der Waals surface area contributed by atoms with Gasteiger partial charge >= 0.3 is 6.18 Å². The van der Waals surface area contributed by atoms with Crippen LogP contribution in [0.15, 0.2) is 47.4 Å². The molecule has 1 saturated heterocycles. The molecule has 1 atom stereocenters. The number of nitrogens with zero attached hydrogens (tertiary/aromatic N) is 2. The van der Waals surface area contributed by atoms with Gasteiger partial charge in [-0.15, -0.1) is 0 Å². The standard InChI is InChI=1S/C22H26F3N3O3S/c1-15-7-6-8-16(2)20(15)26-21(29)17(3)27-11-13-28(14-12-27)32(30,31)19-10-5-4-9-18(19)22(23,24)25/h4-10,17H,11-14H2,1-3H3,(H,26,29). The molecule has 1 unspecified atom stereocenters. The first kappa shape index (κ1) is 24.2. The molecule has 32 heavy (non-hydrogen) atoms. The summed E-state index contributed by atoms with van der Waals surface area (Å²) in [6.45, 7) is 5.98. The van der Waals surface area contributed by atoms with Crippen molar-refractivity contribution >= 4 is 21.6 Å². The summed E-state index contributed by atoms with van der Waals surface area (Å²) < 4.78 is 66.8. The van der Waals surface area contributed by atoms with E-state index in [4.69, 9.17) is 0 Å². The van der Waals surface area contributed by atoms with E-state index in [1.807, 2.05) is 36.9 Å². The number of rotatable bonds is 5. The summed E-state index contributed by atoms with van der Waals surface area (Å²) in [4.78, 5) is 13.8. The van der Waals surface area contributed by atoms with E-state index < -0.39 is 32.7 Å². The summed E-state index contributed by atoms with van der Waals surface area (Å²) >= 11 is 0. The molecule has 0 spiro atoms. The van der Waals surface area contributed by atoms with Crippen molar-refractivity contribution in [3.8, 4) is 0 Å². The molecule has 0 saturated carbocycles. The quantitative estimate of drug-likeness (QED) is 0.726. The Hall–Kier alpha value is -2.43. The Balaban J connectivity index is 1.69. The van der Waals surface area contributed by atoms with Gasteiger partial charge in [0.1, 0.15) is 0 Å². The Bertz CT molecular complexity index is 1070. The average molecular weight is 470 g/mol. The predicted molar refractivity (Wildman–Crippen MR) is 116 cm³/mol. The van der Waals surface area contributed by atoms with Crippen LogP contribution in [0.2, 0.25) is 0 Å². The van der Waals surface area contributed by atoms with Crippen LogP contribution >= 0.6 is 0 Å². The Morgan fingerprint density at radius 1 is 0.969 bits per heavy atom. The zero-order valence-electron chi connectivity index (χ0n) is 18.1. The van der Waals surface area contributed by atoms with Gasteiger partial charge in [-0.25, -0.2) is 8.42 Å². The number of hydrogen-bond donors (Lipinski definition) is 1. The minimum atomic E-state index is -4.77. The van der Waals surface area contributed by atoms with Crippen molar-refractivity contribution in [2.24, 2.45) is 0 Å². The molecule has 0 aromatic heterocycles. The molecule has 10 heteroatoms. The Morgan fingerprint density at radius 2 is 1.53 bits per heavy atom. The van der Waals surface area contributed by atoms with Crippen molar-refractivity contribution in [2.75, 3.05) is 31.5 Å². The van der Waals surface area contributed by atoms with Gasteiger partial charge in [0, 0.05) is 31.9 Å². The first-order chi connectivity index (χ1) is 14.9. The van der Waals surface area contributed by atoms with E-state index in [1.54, 1.807) is 6.92 Å². The summed E-state index contributed by atoms with van der Waals surface area (Å²) in [5, 5.41) is 2.93. The van der Waals surface area contributed by atoms with Gasteiger partial charge in [-0.1, -0.05) is 30.3 Å². The minimum absolute atomic E-state index is 0.00443. The van der Waals surface area contributed by atoms with Gasteiger partial charge < -0.3 is 5.32 Å². The highest BCUT2D eigenvalue weighted by molar-refractivity contribution is 7.89. The molecule has 2 aromatic rings. The van der Waals surface area contributed by atoms with Gasteiger partial charge in [0.05, 0.1) is 16.5 Å². The second-order valence-electron chi connectivity index (χ2n) is 7.87. The predicted octanol–water partition coefficient (Wildman–Crippen LogP) is 3.66. The number of sulfonamides is 1. The molecule has 0 aliphatic carbocycles. The number of benzene rings is 2. The molecule has 0 bridgehead atoms. The topological polar surface area (TPSA) is 69.7 Å². The molecule has 3 rings (SSSR count). The first-order valence-electron chi connectivity index (χ1n) is 10.2. The number of amides is 1. The fourth-order valence-corrected chi connectivity index (χ4v) is 5.44. The van der Waals surface area contributed by atoms with Crippen molar-refractivity contribution in [3.63, 3.8) is 0 Å². The van der Waals surface area contributed by atoms with Crippen LogP contribution in [0.25, 0.3) is 0 Å². The lowest BCUT2D eigenvalue weighted by molar-refractivity contribution is -0.140. The number of hydrogen-bond acceptors (Lipinski definition) is 4. The molecule has 1 aliphatic heterocycles. The van der Waals surface area contributed by atoms with Gasteiger partial charge in [-0.3, -0.25) is 9.69 Å². The van der Waals surface area contributed by atoms with Crippen molar-refractivity contribution in [2.45, 2.75) is 37.9 Å². The van der Waals surface area contributed by atoms with Gasteiger partial charge in [-0.05, 0) is 44.0 Å². The molecular formula is C22H26F3N3O3S. The number of aryl methyl sites for hydroxylation is 2. The van der Waals surface area contributed by atoms with E-state index in [0.717, 1.165) is 39.3 Å². The monoisotopic (exact) mass is 469 g/mol. The Labute approximate surface area is 186 Å². The normalized spacial score (nSPS) is 17.2. The van der Waals surface area contributed by atoms with Crippen molar-refractivity contribution in [1.29, 1.82) is 0 Å². The number of piperazine rings is 1. The summed E-state index contributed by atoms with van der Waals surface area (Å²) in [5.41, 5.74) is 1.44. The van der Waals surface area contributed by atoms with Crippen molar-refractivity contribution in [3.05, 3.63) is 59.2 Å². The fraction of sp³-hybridized carbons (Fsp3) is 0.409. The van der Waals surface area contributed by atoms with Gasteiger partial charge in [0.25, 0.3) is 0 Å². The maximum atomic E-state index is 13.3. The molecule has 1 fully saturated rings. The minimum Gasteiger partial charge on any atom is -0.324 e. The Morgan fingerprint density at radius 3 is 2.09 bits per heavy atom. The van der Waals surface area contributed by atoms with Crippen LogP contribution in [0.4, 0.5) is 18.9 Å². The third-order valence-corrected chi connectivity index (χ3v) is 7.70. The SMILES string of the molecule is Cc1cccc(C)c1NC(=O)C(C)N1CCN(S(=O)(=O)c2ccccc2C(F)(F)F)CC1. The third kappa shape index (κ3) is 4.97. The smallest absolute Gasteiger partial charge is 0.324 e. The molecule has 6 nitrogen and oxygen atoms in total. The van der Waals surface area contributed by atoms with Crippen LogP contribution in [0, 0.1) is 13.8 Å². The maximum Gasteiger partial charge on any atom is 0.417 e. The summed E-state index contributed by atoms with van der Waals surface area (Å²) in [6.07, 6.45) is -4.77. The van der Waals surface area contributed by atoms with Gasteiger partial charge in [0.15, 0.2) is 0 Å². The highest BCUT2D eigenvalue weighted by Gasteiger charge is 2.40. The van der Waals surface area contributed by atoms with Crippen LogP contribution in [0.1, 0.15) is 23.6 Å². The van der Waals surface area contributed by atoms with E-state index in [2.05, 4.69) is 5.32 Å². The molecular weight excluding hydrogens is 443 g/mol. The number of halogens is 3. The highest BCUT2D eigenvalue weighted by Crippen LogP contribution is 2.35. The van der Waals surface area contributed by atoms with Crippen molar-refractivity contribution < 1.29 is 26.4 Å². The molecule has 174 valence electrons. The van der Waals surface area contributed by atoms with Crippen LogP contribution in [-0.4, -0.2) is 55.8 Å². The molecule has 2 aromatic carbocycles. The molecule has 1 N–H and O–H groups in total. The number of nitrogens with one attached hydrogen (secondary N) is 1. The summed E-state index contributed by atoms with van der Waals surface area (Å²) in [7, 11) is -4.32. The Kier molecular flexibility index (Phi) is 6.97. The lowest BCUT2D eigenvalue weighted by Gasteiger charge is -2.37. The lowest BCUT2D eigenvalue weighted by Crippen LogP contribution is -2.54. The largest absolute Gasteiger partial charge is 0.417 e. The van der Waals surface area contributed by atoms with Gasteiger partial charge in [-0.2, -0.15) is 17.5 Å². The second kappa shape index (κ2) is 9.21. The van der Waals surface area contributed by atoms with Crippen LogP contribution < -0.4 is 5.32 Å². The van der Waals surface area contributed by atoms with E-state index in [-0.39, 0.29) is 32.1 Å². The van der Waals surface area contributed by atoms with Crippen molar-refractivity contribution in [1.82, 2.24) is 9.21 Å². The number of para-hydroxylation sites is 1. The number of carbonyl (C=O) groups is 1. The fourth-order valence-electron chi connectivity index (χ4n) is 3.80. The van der Waals surface area contributed by atoms with E-state index >= 15 is 0 Å². The molecule has 0 radical (unpaired) electrons.